The third kappa shape index (κ3) is 5.05. The van der Waals surface area contributed by atoms with Crippen molar-refractivity contribution in [2.75, 3.05) is 0 Å². The summed E-state index contributed by atoms with van der Waals surface area (Å²) in [5.74, 6) is 0.214. The molecule has 0 spiro atoms. The van der Waals surface area contributed by atoms with Crippen LogP contribution in [-0.4, -0.2) is 10.4 Å². The number of hydrogen-bond donors (Lipinski definition) is 0. The van der Waals surface area contributed by atoms with Gasteiger partial charge >= 0.3 is 0 Å². The lowest BCUT2D eigenvalue weighted by atomic mass is 9.91. The van der Waals surface area contributed by atoms with E-state index in [1.807, 2.05) is 6.92 Å². The van der Waals surface area contributed by atoms with E-state index in [4.69, 9.17) is 0 Å². The minimum absolute atomic E-state index is 0.214. The number of carbonyl (C=O) groups excluding carboxylic acids is 1. The van der Waals surface area contributed by atoms with E-state index in [0.29, 0.717) is 0 Å². The molecular formula is C25H37NOS. The highest BCUT2D eigenvalue weighted by atomic mass is 32.1. The summed E-state index contributed by atoms with van der Waals surface area (Å²) >= 11 is 1.73. The molecule has 0 aliphatic heterocycles. The van der Waals surface area contributed by atoms with Crippen LogP contribution >= 0.6 is 11.3 Å². The van der Waals surface area contributed by atoms with Gasteiger partial charge in [-0.3, -0.25) is 4.79 Å². The summed E-state index contributed by atoms with van der Waals surface area (Å²) in [6.45, 7) is 13.8. The van der Waals surface area contributed by atoms with E-state index in [1.165, 1.54) is 53.1 Å². The van der Waals surface area contributed by atoms with Crippen LogP contribution in [0.1, 0.15) is 97.5 Å². The molecule has 0 aromatic carbocycles. The Kier molecular flexibility index (Phi) is 8.75. The van der Waals surface area contributed by atoms with E-state index in [0.717, 1.165) is 36.9 Å². The van der Waals surface area contributed by atoms with Gasteiger partial charge in [0.1, 0.15) is 0 Å². The van der Waals surface area contributed by atoms with Crippen LogP contribution < -0.4 is 0 Å². The highest BCUT2D eigenvalue weighted by molar-refractivity contribution is 7.10. The van der Waals surface area contributed by atoms with Gasteiger partial charge in [-0.1, -0.05) is 33.6 Å². The second-order valence-corrected chi connectivity index (χ2v) is 8.95. The molecule has 1 aliphatic rings. The standard InChI is InChI=1S/C21H27NOS.C4H10/c1-5-11-22-15(3)20(18-8-6-7-9-19(18)22)21(23)14(2)13-17-10-12-24-16(17)4;1-3-4-2/h10,12-13H,5-9,11H2,1-4H3;3-4H2,1-2H3/b14-13+;. The molecule has 0 fully saturated rings. The summed E-state index contributed by atoms with van der Waals surface area (Å²) in [5, 5.41) is 2.09. The Balaban J connectivity index is 0.000000640. The fraction of sp³-hybridized carbons (Fsp3) is 0.560. The quantitative estimate of drug-likeness (QED) is 0.363. The molecule has 0 N–H and O–H groups in total. The molecule has 0 saturated carbocycles. The van der Waals surface area contributed by atoms with E-state index >= 15 is 0 Å². The molecule has 2 heterocycles. The zero-order chi connectivity index (χ0) is 20.7. The zero-order valence-corrected chi connectivity index (χ0v) is 19.5. The van der Waals surface area contributed by atoms with Crippen LogP contribution in [0.4, 0.5) is 0 Å². The first-order valence-electron chi connectivity index (χ1n) is 10.9. The lowest BCUT2D eigenvalue weighted by molar-refractivity contribution is 0.103. The molecule has 0 atom stereocenters. The minimum Gasteiger partial charge on any atom is -0.348 e. The smallest absolute Gasteiger partial charge is 0.190 e. The Hall–Kier alpha value is -1.61. The SMILES string of the molecule is CCCC.CCCn1c(C)c(C(=O)/C(C)=C/c2ccsc2C)c2c1CCCC2. The van der Waals surface area contributed by atoms with Crippen molar-refractivity contribution in [2.24, 2.45) is 0 Å². The van der Waals surface area contributed by atoms with Crippen molar-refractivity contribution in [1.82, 2.24) is 4.57 Å². The molecule has 0 saturated heterocycles. The number of carbonyl (C=O) groups is 1. The van der Waals surface area contributed by atoms with E-state index < -0.39 is 0 Å². The number of rotatable bonds is 6. The molecule has 3 rings (SSSR count). The van der Waals surface area contributed by atoms with Gasteiger partial charge in [0.05, 0.1) is 0 Å². The number of aromatic nitrogens is 1. The Bertz CT molecular complexity index is 820. The monoisotopic (exact) mass is 399 g/mol. The fourth-order valence-corrected chi connectivity index (χ4v) is 4.56. The lowest BCUT2D eigenvalue weighted by Gasteiger charge is -2.16. The van der Waals surface area contributed by atoms with Gasteiger partial charge in [0.25, 0.3) is 0 Å². The second-order valence-electron chi connectivity index (χ2n) is 7.83. The maximum atomic E-state index is 13.2. The zero-order valence-electron chi connectivity index (χ0n) is 18.7. The summed E-state index contributed by atoms with van der Waals surface area (Å²) in [6.07, 6.45) is 10.4. The average molecular weight is 400 g/mol. The van der Waals surface area contributed by atoms with Crippen molar-refractivity contribution < 1.29 is 4.79 Å². The number of nitrogens with zero attached hydrogens (tertiary/aromatic N) is 1. The molecule has 1 aliphatic carbocycles. The molecule has 2 aromatic rings. The highest BCUT2D eigenvalue weighted by Gasteiger charge is 2.26. The van der Waals surface area contributed by atoms with Crippen LogP contribution in [0.25, 0.3) is 6.08 Å². The van der Waals surface area contributed by atoms with Gasteiger partial charge < -0.3 is 4.57 Å². The van der Waals surface area contributed by atoms with Gasteiger partial charge in [0, 0.05) is 28.4 Å². The van der Waals surface area contributed by atoms with Gasteiger partial charge in [-0.15, -0.1) is 11.3 Å². The Morgan fingerprint density at radius 2 is 1.79 bits per heavy atom. The molecule has 0 amide bonds. The summed E-state index contributed by atoms with van der Waals surface area (Å²) < 4.78 is 2.41. The molecule has 3 heteroatoms. The lowest BCUT2D eigenvalue weighted by Crippen LogP contribution is -2.09. The van der Waals surface area contributed by atoms with Gasteiger partial charge in [0.15, 0.2) is 5.78 Å². The summed E-state index contributed by atoms with van der Waals surface area (Å²) in [5.41, 5.74) is 6.92. The number of Topliss-reactive ketones (excluding diaryl/α,β-unsaturated/α-hetero) is 1. The number of aryl methyl sites for hydroxylation is 1. The number of allylic oxidation sites excluding steroid dienone is 1. The van der Waals surface area contributed by atoms with Crippen LogP contribution in [0.3, 0.4) is 0 Å². The van der Waals surface area contributed by atoms with E-state index in [9.17, 15) is 4.79 Å². The summed E-state index contributed by atoms with van der Waals surface area (Å²) in [7, 11) is 0. The molecule has 154 valence electrons. The maximum Gasteiger partial charge on any atom is 0.190 e. The van der Waals surface area contributed by atoms with Crippen LogP contribution in [0, 0.1) is 13.8 Å². The topological polar surface area (TPSA) is 22.0 Å². The van der Waals surface area contributed by atoms with Gasteiger partial charge in [-0.05, 0) is 87.1 Å². The Labute approximate surface area is 175 Å². The Morgan fingerprint density at radius 3 is 2.36 bits per heavy atom. The first kappa shape index (κ1) is 22.7. The van der Waals surface area contributed by atoms with Crippen molar-refractivity contribution in [3.63, 3.8) is 0 Å². The van der Waals surface area contributed by atoms with Crippen molar-refractivity contribution in [1.29, 1.82) is 0 Å². The van der Waals surface area contributed by atoms with Gasteiger partial charge in [-0.25, -0.2) is 0 Å². The van der Waals surface area contributed by atoms with Crippen molar-refractivity contribution >= 4 is 23.2 Å². The van der Waals surface area contributed by atoms with Gasteiger partial charge in [0.2, 0.25) is 0 Å². The molecule has 28 heavy (non-hydrogen) atoms. The number of ketones is 1. The largest absolute Gasteiger partial charge is 0.348 e. The minimum atomic E-state index is 0.214. The predicted octanol–water partition coefficient (Wildman–Crippen LogP) is 7.55. The molecule has 0 radical (unpaired) electrons. The third-order valence-corrected chi connectivity index (χ3v) is 6.50. The molecule has 0 bridgehead atoms. The normalized spacial score (nSPS) is 13.7. The number of unbranched alkanes of at least 4 members (excludes halogenated alkanes) is 1. The highest BCUT2D eigenvalue weighted by Crippen LogP contribution is 2.32. The van der Waals surface area contributed by atoms with Gasteiger partial charge in [-0.2, -0.15) is 0 Å². The van der Waals surface area contributed by atoms with E-state index in [2.05, 4.69) is 56.7 Å². The first-order chi connectivity index (χ1) is 13.5. The van der Waals surface area contributed by atoms with Crippen molar-refractivity contribution in [3.8, 4) is 0 Å². The van der Waals surface area contributed by atoms with Crippen molar-refractivity contribution in [2.45, 2.75) is 93.0 Å². The summed E-state index contributed by atoms with van der Waals surface area (Å²) in [4.78, 5) is 14.5. The summed E-state index contributed by atoms with van der Waals surface area (Å²) in [6, 6.07) is 2.10. The van der Waals surface area contributed by atoms with Crippen LogP contribution in [-0.2, 0) is 19.4 Å². The predicted molar refractivity (Wildman–Crippen MR) is 124 cm³/mol. The van der Waals surface area contributed by atoms with Crippen LogP contribution in [0.15, 0.2) is 17.0 Å². The molecule has 2 aromatic heterocycles. The third-order valence-electron chi connectivity index (χ3n) is 5.64. The first-order valence-corrected chi connectivity index (χ1v) is 11.8. The number of fused-ring (bicyclic) bond motifs is 1. The average Bonchev–Trinajstić information content (AvgIpc) is 3.23. The molecule has 0 unspecified atom stereocenters. The van der Waals surface area contributed by atoms with Crippen LogP contribution in [0.5, 0.6) is 0 Å². The molecule has 2 nitrogen and oxygen atoms in total. The van der Waals surface area contributed by atoms with Crippen LogP contribution in [0.2, 0.25) is 0 Å². The van der Waals surface area contributed by atoms with Crippen molar-refractivity contribution in [3.05, 3.63) is 50.0 Å². The van der Waals surface area contributed by atoms with E-state index in [1.54, 1.807) is 11.3 Å². The number of hydrogen-bond acceptors (Lipinski definition) is 2. The Morgan fingerprint density at radius 1 is 1.11 bits per heavy atom. The van der Waals surface area contributed by atoms with E-state index in [-0.39, 0.29) is 5.78 Å². The second kappa shape index (κ2) is 10.8. The number of thiophene rings is 1. The maximum absolute atomic E-state index is 13.2. The molecular weight excluding hydrogens is 362 g/mol. The fourth-order valence-electron chi connectivity index (χ4n) is 3.88.